The highest BCUT2D eigenvalue weighted by Gasteiger charge is 2.73. The smallest absolute Gasteiger partial charge is 0.246 e. The summed E-state index contributed by atoms with van der Waals surface area (Å²) in [4.78, 5) is 44.0. The van der Waals surface area contributed by atoms with Gasteiger partial charge in [-0.05, 0) is 55.4 Å². The standard InChI is InChI=1S/C30H38ClN3O4/c1-17-7-6-10-22(18(17)2)34-26(28(36)33-20-8-4-3-5-9-20)30-16-15-23(38-30)24(25(30)29(34)37)27(35)32-21-13-11-19(31)12-14-21/h11-18,20,22-26H,3-10H2,1-2H3,(H,32,35)(H,33,36)/t17?,18?,22?,23-,24?,25-,26?,30?/m0/s1. The zero-order chi connectivity index (χ0) is 26.6. The van der Waals surface area contributed by atoms with Crippen molar-refractivity contribution < 1.29 is 19.1 Å². The highest BCUT2D eigenvalue weighted by atomic mass is 35.5. The molecule has 2 N–H and O–H groups in total. The summed E-state index contributed by atoms with van der Waals surface area (Å²) in [5.74, 6) is -1.23. The van der Waals surface area contributed by atoms with Crippen LogP contribution in [0.15, 0.2) is 36.4 Å². The second kappa shape index (κ2) is 9.98. The number of carbonyl (C=O) groups excluding carboxylic acids is 3. The molecule has 8 heteroatoms. The molecule has 38 heavy (non-hydrogen) atoms. The van der Waals surface area contributed by atoms with E-state index in [1.807, 2.05) is 17.1 Å². The van der Waals surface area contributed by atoms with E-state index in [1.54, 1.807) is 24.3 Å². The van der Waals surface area contributed by atoms with E-state index < -0.39 is 29.6 Å². The lowest BCUT2D eigenvalue weighted by Crippen LogP contribution is -2.60. The molecule has 6 unspecified atom stereocenters. The van der Waals surface area contributed by atoms with Crippen LogP contribution < -0.4 is 10.6 Å². The molecule has 1 aromatic carbocycles. The van der Waals surface area contributed by atoms with Gasteiger partial charge >= 0.3 is 0 Å². The fourth-order valence-electron chi connectivity index (χ4n) is 7.80. The van der Waals surface area contributed by atoms with Crippen LogP contribution in [0.4, 0.5) is 5.69 Å². The SMILES string of the molecule is CC1CCCC(N2C(=O)[C@@H]3C(C(=O)Nc4ccc(Cl)cc4)[C@@H]4C=CC3(O4)C2C(=O)NC2CCCCC2)C1C. The van der Waals surface area contributed by atoms with Crippen molar-refractivity contribution >= 4 is 35.0 Å². The number of nitrogens with zero attached hydrogens (tertiary/aromatic N) is 1. The molecule has 0 aromatic heterocycles. The number of hydrogen-bond acceptors (Lipinski definition) is 4. The van der Waals surface area contributed by atoms with Crippen molar-refractivity contribution in [1.82, 2.24) is 10.2 Å². The Hall–Kier alpha value is -2.38. The fourth-order valence-corrected chi connectivity index (χ4v) is 7.92. The van der Waals surface area contributed by atoms with Crippen LogP contribution in [-0.4, -0.2) is 52.5 Å². The number of halogens is 1. The quantitative estimate of drug-likeness (QED) is 0.531. The molecule has 1 spiro atoms. The molecule has 6 rings (SSSR count). The minimum atomic E-state index is -1.12. The number of anilines is 1. The summed E-state index contributed by atoms with van der Waals surface area (Å²) in [6, 6.07) is 6.23. The first-order valence-electron chi connectivity index (χ1n) is 14.4. The molecule has 2 aliphatic carbocycles. The topological polar surface area (TPSA) is 87.7 Å². The number of fused-ring (bicyclic) bond motifs is 1. The second-order valence-corrected chi connectivity index (χ2v) is 12.6. The monoisotopic (exact) mass is 539 g/mol. The molecule has 7 nitrogen and oxygen atoms in total. The van der Waals surface area contributed by atoms with Crippen LogP contribution in [0.1, 0.15) is 65.2 Å². The zero-order valence-corrected chi connectivity index (χ0v) is 23.0. The maximum Gasteiger partial charge on any atom is 0.246 e. The van der Waals surface area contributed by atoms with Crippen LogP contribution in [0.25, 0.3) is 0 Å². The molecule has 2 saturated carbocycles. The van der Waals surface area contributed by atoms with Gasteiger partial charge in [-0.3, -0.25) is 14.4 Å². The summed E-state index contributed by atoms with van der Waals surface area (Å²) in [6.07, 6.45) is 11.6. The molecule has 1 aromatic rings. The molecule has 2 saturated heterocycles. The van der Waals surface area contributed by atoms with Gasteiger partial charge in [0.1, 0.15) is 11.6 Å². The first kappa shape index (κ1) is 25.9. The minimum absolute atomic E-state index is 0.0515. The highest BCUT2D eigenvalue weighted by molar-refractivity contribution is 6.30. The van der Waals surface area contributed by atoms with E-state index in [0.29, 0.717) is 16.6 Å². The van der Waals surface area contributed by atoms with E-state index in [0.717, 1.165) is 44.9 Å². The van der Waals surface area contributed by atoms with Crippen molar-refractivity contribution in [3.8, 4) is 0 Å². The van der Waals surface area contributed by atoms with Gasteiger partial charge in [-0.1, -0.05) is 69.7 Å². The van der Waals surface area contributed by atoms with Crippen molar-refractivity contribution in [2.45, 2.75) is 95.0 Å². The Morgan fingerprint density at radius 3 is 2.47 bits per heavy atom. The van der Waals surface area contributed by atoms with Gasteiger partial charge in [-0.25, -0.2) is 0 Å². The van der Waals surface area contributed by atoms with Gasteiger partial charge in [0, 0.05) is 22.8 Å². The average molecular weight is 540 g/mol. The molecule has 204 valence electrons. The number of benzene rings is 1. The Morgan fingerprint density at radius 1 is 1.00 bits per heavy atom. The number of ether oxygens (including phenoxy) is 1. The van der Waals surface area contributed by atoms with Crippen molar-refractivity contribution in [2.24, 2.45) is 23.7 Å². The van der Waals surface area contributed by atoms with Crippen LogP contribution in [0.2, 0.25) is 5.02 Å². The third-order valence-corrected chi connectivity index (χ3v) is 10.2. The lowest BCUT2D eigenvalue weighted by molar-refractivity contribution is -0.146. The Balaban J connectivity index is 1.34. The molecular weight excluding hydrogens is 502 g/mol. The molecular formula is C30H38ClN3O4. The number of rotatable bonds is 5. The summed E-state index contributed by atoms with van der Waals surface area (Å²) in [6.45, 7) is 4.43. The fraction of sp³-hybridized carbons (Fsp3) is 0.633. The number of likely N-dealkylation sites (tertiary alicyclic amines) is 1. The number of carbonyl (C=O) groups is 3. The van der Waals surface area contributed by atoms with Crippen molar-refractivity contribution in [3.05, 3.63) is 41.4 Å². The van der Waals surface area contributed by atoms with Crippen LogP contribution in [0.3, 0.4) is 0 Å². The maximum absolute atomic E-state index is 14.4. The molecule has 2 bridgehead atoms. The van der Waals surface area contributed by atoms with E-state index in [-0.39, 0.29) is 35.7 Å². The highest BCUT2D eigenvalue weighted by Crippen LogP contribution is 2.56. The van der Waals surface area contributed by atoms with Crippen LogP contribution >= 0.6 is 11.6 Å². The van der Waals surface area contributed by atoms with E-state index in [4.69, 9.17) is 16.3 Å². The van der Waals surface area contributed by atoms with Gasteiger partial charge in [-0.15, -0.1) is 0 Å². The van der Waals surface area contributed by atoms with Gasteiger partial charge in [0.15, 0.2) is 0 Å². The van der Waals surface area contributed by atoms with Crippen LogP contribution in [-0.2, 0) is 19.1 Å². The van der Waals surface area contributed by atoms with E-state index in [9.17, 15) is 14.4 Å². The number of nitrogens with one attached hydrogen (secondary N) is 2. The largest absolute Gasteiger partial charge is 0.359 e. The van der Waals surface area contributed by atoms with Gasteiger partial charge in [0.05, 0.1) is 17.9 Å². The average Bonchev–Trinajstić information content (AvgIpc) is 3.55. The van der Waals surface area contributed by atoms with Crippen molar-refractivity contribution in [2.75, 3.05) is 5.32 Å². The van der Waals surface area contributed by atoms with E-state index in [1.165, 1.54) is 6.42 Å². The van der Waals surface area contributed by atoms with Crippen LogP contribution in [0.5, 0.6) is 0 Å². The van der Waals surface area contributed by atoms with Crippen molar-refractivity contribution in [3.63, 3.8) is 0 Å². The molecule has 8 atom stereocenters. The molecule has 3 amide bonds. The molecule has 3 heterocycles. The van der Waals surface area contributed by atoms with Gasteiger partial charge in [0.2, 0.25) is 17.7 Å². The van der Waals surface area contributed by atoms with Gasteiger partial charge < -0.3 is 20.3 Å². The summed E-state index contributed by atoms with van der Waals surface area (Å²) in [7, 11) is 0. The van der Waals surface area contributed by atoms with E-state index >= 15 is 0 Å². The molecule has 0 radical (unpaired) electrons. The molecule has 4 fully saturated rings. The third kappa shape index (κ3) is 4.17. The predicted octanol–water partition coefficient (Wildman–Crippen LogP) is 4.70. The Labute approximate surface area is 229 Å². The normalized spacial score (nSPS) is 38.3. The lowest BCUT2D eigenvalue weighted by Gasteiger charge is -2.44. The summed E-state index contributed by atoms with van der Waals surface area (Å²) >= 11 is 6.02. The van der Waals surface area contributed by atoms with Crippen molar-refractivity contribution in [1.29, 1.82) is 0 Å². The Bertz CT molecular complexity index is 1130. The first-order chi connectivity index (χ1) is 18.3. The van der Waals surface area contributed by atoms with Crippen LogP contribution in [0, 0.1) is 23.7 Å². The summed E-state index contributed by atoms with van der Waals surface area (Å²) in [5.41, 5.74) is -0.507. The second-order valence-electron chi connectivity index (χ2n) is 12.1. The summed E-state index contributed by atoms with van der Waals surface area (Å²) < 4.78 is 6.53. The summed E-state index contributed by atoms with van der Waals surface area (Å²) in [5, 5.41) is 6.84. The lowest BCUT2D eigenvalue weighted by atomic mass is 9.74. The predicted molar refractivity (Wildman–Crippen MR) is 145 cm³/mol. The van der Waals surface area contributed by atoms with Gasteiger partial charge in [-0.2, -0.15) is 0 Å². The Morgan fingerprint density at radius 2 is 1.74 bits per heavy atom. The maximum atomic E-state index is 14.4. The van der Waals surface area contributed by atoms with E-state index in [2.05, 4.69) is 24.5 Å². The minimum Gasteiger partial charge on any atom is -0.359 e. The Kier molecular flexibility index (Phi) is 6.79. The third-order valence-electron chi connectivity index (χ3n) is 9.95. The number of hydrogen-bond donors (Lipinski definition) is 2. The number of amides is 3. The van der Waals surface area contributed by atoms with Gasteiger partial charge in [0.25, 0.3) is 0 Å². The first-order valence-corrected chi connectivity index (χ1v) is 14.7. The molecule has 5 aliphatic rings. The zero-order valence-electron chi connectivity index (χ0n) is 22.2. The molecule has 3 aliphatic heterocycles.